The number of rotatable bonds is 17. The predicted octanol–water partition coefficient (Wildman–Crippen LogP) is 6.86. The summed E-state index contributed by atoms with van der Waals surface area (Å²) in [6, 6.07) is 0. The van der Waals surface area contributed by atoms with Crippen LogP contribution in [0.5, 0.6) is 0 Å². The van der Waals surface area contributed by atoms with Crippen molar-refractivity contribution in [3.05, 3.63) is 0 Å². The number of hydrogen-bond donors (Lipinski definition) is 0. The summed E-state index contributed by atoms with van der Waals surface area (Å²) in [4.78, 5) is 0. The molecule has 0 fully saturated rings. The van der Waals surface area contributed by atoms with Crippen LogP contribution in [-0.2, 0) is 9.47 Å². The van der Waals surface area contributed by atoms with E-state index in [9.17, 15) is 0 Å². The van der Waals surface area contributed by atoms with Gasteiger partial charge in [-0.3, -0.25) is 0 Å². The Morgan fingerprint density at radius 3 is 1.83 bits per heavy atom. The third-order valence-corrected chi connectivity index (χ3v) is 4.47. The molecule has 24 heavy (non-hydrogen) atoms. The Kier molecular flexibility index (Phi) is 21.0. The first kappa shape index (κ1) is 24.0. The lowest BCUT2D eigenvalue weighted by Gasteiger charge is -2.18. The largest absolute Gasteiger partial charge is 0.353 e. The first-order chi connectivity index (χ1) is 11.8. The van der Waals surface area contributed by atoms with E-state index in [1.54, 1.807) is 0 Å². The third-order valence-electron chi connectivity index (χ3n) is 3.91. The average Bonchev–Trinajstić information content (AvgIpc) is 2.60. The van der Waals surface area contributed by atoms with Gasteiger partial charge in [0.05, 0.1) is 0 Å². The van der Waals surface area contributed by atoms with Gasteiger partial charge in [0.1, 0.15) is 0 Å². The number of hydrogen-bond acceptors (Lipinski definition) is 2. The fraction of sp³-hybridized carbons (Fsp3) is 0.905. The lowest BCUT2D eigenvalue weighted by atomic mass is 10.1. The summed E-state index contributed by atoms with van der Waals surface area (Å²) in [5, 5.41) is 1.06. The van der Waals surface area contributed by atoms with Crippen LogP contribution in [0.4, 0.5) is 0 Å². The summed E-state index contributed by atoms with van der Waals surface area (Å²) in [6.45, 7) is 6.12. The highest BCUT2D eigenvalue weighted by Crippen LogP contribution is 2.12. The molecule has 0 amide bonds. The molecule has 0 aromatic rings. The smallest absolute Gasteiger partial charge is 0.157 e. The van der Waals surface area contributed by atoms with Crippen LogP contribution in [0.3, 0.4) is 0 Å². The fourth-order valence-electron chi connectivity index (χ4n) is 2.38. The quantitative estimate of drug-likeness (QED) is 0.114. The Bertz CT molecular complexity index is 284. The second-order valence-electron chi connectivity index (χ2n) is 6.33. The highest BCUT2D eigenvalue weighted by Gasteiger charge is 2.08. The second-order valence-corrected chi connectivity index (χ2v) is 7.12. The molecule has 0 spiro atoms. The first-order valence-corrected chi connectivity index (χ1v) is 11.2. The number of ether oxygens (including phenoxy) is 2. The summed E-state index contributed by atoms with van der Waals surface area (Å²) >= 11 is 3.43. The lowest BCUT2D eigenvalue weighted by Crippen LogP contribution is -2.19. The van der Waals surface area contributed by atoms with Crippen molar-refractivity contribution in [1.29, 1.82) is 0 Å². The minimum absolute atomic E-state index is 0.00345. The van der Waals surface area contributed by atoms with E-state index >= 15 is 0 Å². The summed E-state index contributed by atoms with van der Waals surface area (Å²) < 4.78 is 11.9. The molecule has 0 aliphatic carbocycles. The van der Waals surface area contributed by atoms with Crippen molar-refractivity contribution in [1.82, 2.24) is 0 Å². The van der Waals surface area contributed by atoms with Gasteiger partial charge in [-0.25, -0.2) is 0 Å². The van der Waals surface area contributed by atoms with Crippen molar-refractivity contribution < 1.29 is 9.47 Å². The minimum Gasteiger partial charge on any atom is -0.353 e. The highest BCUT2D eigenvalue weighted by molar-refractivity contribution is 9.09. The Labute approximate surface area is 159 Å². The molecule has 2 nitrogen and oxygen atoms in total. The zero-order valence-corrected chi connectivity index (χ0v) is 17.7. The highest BCUT2D eigenvalue weighted by atomic mass is 79.9. The van der Waals surface area contributed by atoms with Gasteiger partial charge < -0.3 is 9.47 Å². The van der Waals surface area contributed by atoms with Gasteiger partial charge in [0.25, 0.3) is 0 Å². The van der Waals surface area contributed by atoms with Crippen LogP contribution in [-0.4, -0.2) is 24.8 Å². The van der Waals surface area contributed by atoms with Crippen LogP contribution in [0, 0.1) is 11.8 Å². The molecule has 0 N–H and O–H groups in total. The number of alkyl halides is 1. The minimum atomic E-state index is 0.00345. The van der Waals surface area contributed by atoms with E-state index in [0.29, 0.717) is 0 Å². The number of halogens is 1. The fourth-order valence-corrected chi connectivity index (χ4v) is 2.66. The van der Waals surface area contributed by atoms with Crippen LogP contribution < -0.4 is 0 Å². The zero-order valence-electron chi connectivity index (χ0n) is 16.1. The Morgan fingerprint density at radius 1 is 0.708 bits per heavy atom. The maximum Gasteiger partial charge on any atom is 0.157 e. The molecule has 0 saturated heterocycles. The van der Waals surface area contributed by atoms with Gasteiger partial charge in [-0.1, -0.05) is 61.9 Å². The van der Waals surface area contributed by atoms with Crippen LogP contribution in [0.1, 0.15) is 97.3 Å². The summed E-state index contributed by atoms with van der Waals surface area (Å²) in [6.07, 6.45) is 15.1. The molecule has 0 saturated carbocycles. The molecule has 0 heterocycles. The van der Waals surface area contributed by atoms with E-state index in [2.05, 4.69) is 41.6 Å². The van der Waals surface area contributed by atoms with Gasteiger partial charge >= 0.3 is 0 Å². The van der Waals surface area contributed by atoms with Gasteiger partial charge in [0.15, 0.2) is 6.29 Å². The Balaban J connectivity index is 3.73. The maximum absolute atomic E-state index is 5.94. The third kappa shape index (κ3) is 18.3. The summed E-state index contributed by atoms with van der Waals surface area (Å²) in [5.41, 5.74) is 0. The van der Waals surface area contributed by atoms with Crippen LogP contribution in [0.2, 0.25) is 0 Å². The van der Waals surface area contributed by atoms with Crippen molar-refractivity contribution in [2.45, 2.75) is 104 Å². The van der Waals surface area contributed by atoms with Crippen molar-refractivity contribution in [2.75, 3.05) is 18.5 Å². The van der Waals surface area contributed by atoms with E-state index in [0.717, 1.165) is 57.1 Å². The summed E-state index contributed by atoms with van der Waals surface area (Å²) in [5.74, 6) is 6.51. The summed E-state index contributed by atoms with van der Waals surface area (Å²) in [7, 11) is 0. The van der Waals surface area contributed by atoms with E-state index in [-0.39, 0.29) is 6.29 Å². The maximum atomic E-state index is 5.94. The standard InChI is InChI=1S/C21H39BrO2/c1-3-5-15-19-23-21(24-20-16-6-4-2)17-13-11-9-7-8-10-12-14-18-22/h21H,3-7,9,11-20H2,1-2H3. The van der Waals surface area contributed by atoms with Gasteiger partial charge in [0.2, 0.25) is 0 Å². The molecule has 3 heteroatoms. The van der Waals surface area contributed by atoms with E-state index in [1.165, 1.54) is 44.9 Å². The molecule has 0 atom stereocenters. The lowest BCUT2D eigenvalue weighted by molar-refractivity contribution is -0.148. The van der Waals surface area contributed by atoms with Crippen molar-refractivity contribution in [3.63, 3.8) is 0 Å². The molecule has 142 valence electrons. The predicted molar refractivity (Wildman–Crippen MR) is 109 cm³/mol. The van der Waals surface area contributed by atoms with Gasteiger partial charge in [-0.15, -0.1) is 11.8 Å². The molecule has 0 bridgehead atoms. The molecule has 0 aliphatic heterocycles. The zero-order chi connectivity index (χ0) is 17.7. The van der Waals surface area contributed by atoms with E-state index in [4.69, 9.17) is 9.47 Å². The van der Waals surface area contributed by atoms with Gasteiger partial charge in [0, 0.05) is 31.4 Å². The first-order valence-electron chi connectivity index (χ1n) is 10.1. The average molecular weight is 403 g/mol. The topological polar surface area (TPSA) is 18.5 Å². The van der Waals surface area contributed by atoms with Crippen LogP contribution in [0.25, 0.3) is 0 Å². The molecule has 0 aromatic carbocycles. The van der Waals surface area contributed by atoms with Crippen LogP contribution in [0.15, 0.2) is 0 Å². The molecular weight excluding hydrogens is 364 g/mol. The van der Waals surface area contributed by atoms with Crippen LogP contribution >= 0.6 is 15.9 Å². The molecule has 0 rings (SSSR count). The molecule has 0 aliphatic rings. The molecular formula is C21H39BrO2. The Morgan fingerprint density at radius 2 is 1.29 bits per heavy atom. The van der Waals surface area contributed by atoms with Gasteiger partial charge in [-0.2, -0.15) is 0 Å². The number of unbranched alkanes of at least 4 members (excludes halogenated alkanes) is 8. The Hall–Kier alpha value is -0.0400. The second kappa shape index (κ2) is 21.0. The van der Waals surface area contributed by atoms with E-state index in [1.807, 2.05) is 0 Å². The molecule has 0 unspecified atom stereocenters. The molecule has 0 radical (unpaired) electrons. The van der Waals surface area contributed by atoms with Crippen molar-refractivity contribution in [2.24, 2.45) is 0 Å². The van der Waals surface area contributed by atoms with Gasteiger partial charge in [-0.05, 0) is 38.5 Å². The SMILES string of the molecule is CCCCCOC(CCCCCC#CCCCBr)OCCCCC. The normalized spacial score (nSPS) is 10.8. The van der Waals surface area contributed by atoms with E-state index < -0.39 is 0 Å². The van der Waals surface area contributed by atoms with Crippen molar-refractivity contribution in [3.8, 4) is 11.8 Å². The monoisotopic (exact) mass is 402 g/mol. The molecule has 0 aromatic heterocycles. The van der Waals surface area contributed by atoms with Crippen molar-refractivity contribution >= 4 is 15.9 Å².